The summed E-state index contributed by atoms with van der Waals surface area (Å²) in [4.78, 5) is 13.2. The second kappa shape index (κ2) is 8.44. The molecular weight excluding hydrogens is 387 g/mol. The van der Waals surface area contributed by atoms with E-state index in [1.54, 1.807) is 4.90 Å². The van der Waals surface area contributed by atoms with Crippen LogP contribution < -0.4 is 9.80 Å². The van der Waals surface area contributed by atoms with Crippen LogP contribution in [0.25, 0.3) is 22.1 Å². The molecule has 0 fully saturated rings. The molecular formula is C19H22Cl2N4O2. The van der Waals surface area contributed by atoms with Crippen molar-refractivity contribution < 1.29 is 10.2 Å². The van der Waals surface area contributed by atoms with Gasteiger partial charge in [0.2, 0.25) is 0 Å². The Morgan fingerprint density at radius 1 is 0.889 bits per heavy atom. The van der Waals surface area contributed by atoms with Gasteiger partial charge in [-0.1, -0.05) is 11.6 Å². The average Bonchev–Trinajstić information content (AvgIpc) is 2.64. The number of nitrogens with zero attached hydrogens (tertiary/aromatic N) is 4. The number of alkyl halides is 2. The zero-order valence-corrected chi connectivity index (χ0v) is 16.7. The molecule has 144 valence electrons. The summed E-state index contributed by atoms with van der Waals surface area (Å²) in [6.45, 7) is 0.414. The SMILES string of the molecule is CN(C)c1ccc2nc3ccc(N(CC(O)Cl)CC(O)CCl)cc3nc2c1. The Morgan fingerprint density at radius 2 is 1.44 bits per heavy atom. The van der Waals surface area contributed by atoms with E-state index in [2.05, 4.69) is 4.98 Å². The largest absolute Gasteiger partial charge is 0.390 e. The predicted octanol–water partition coefficient (Wildman–Crippen LogP) is 2.81. The van der Waals surface area contributed by atoms with Crippen molar-refractivity contribution in [2.75, 3.05) is 42.9 Å². The zero-order valence-electron chi connectivity index (χ0n) is 15.2. The van der Waals surface area contributed by atoms with Gasteiger partial charge in [0.1, 0.15) is 5.56 Å². The highest BCUT2D eigenvalue weighted by Crippen LogP contribution is 2.25. The van der Waals surface area contributed by atoms with E-state index in [0.29, 0.717) is 0 Å². The maximum Gasteiger partial charge on any atom is 0.145 e. The number of rotatable bonds is 7. The number of hydrogen-bond donors (Lipinski definition) is 2. The number of hydrogen-bond acceptors (Lipinski definition) is 6. The molecule has 0 aliphatic rings. The quantitative estimate of drug-likeness (QED) is 0.462. The normalized spacial score (nSPS) is 13.7. The highest BCUT2D eigenvalue weighted by atomic mass is 35.5. The third-order valence-electron chi connectivity index (χ3n) is 4.26. The second-order valence-corrected chi connectivity index (χ2v) is 7.42. The first-order valence-corrected chi connectivity index (χ1v) is 9.54. The van der Waals surface area contributed by atoms with Crippen molar-refractivity contribution in [3.05, 3.63) is 36.4 Å². The molecule has 3 rings (SSSR count). The summed E-state index contributed by atoms with van der Waals surface area (Å²) in [7, 11) is 3.95. The molecule has 0 aliphatic carbocycles. The van der Waals surface area contributed by atoms with Gasteiger partial charge in [0, 0.05) is 32.0 Å². The second-order valence-electron chi connectivity index (χ2n) is 6.61. The summed E-state index contributed by atoms with van der Waals surface area (Å²) in [5, 5.41) is 19.5. The van der Waals surface area contributed by atoms with E-state index in [9.17, 15) is 10.2 Å². The molecule has 0 bridgehead atoms. The molecule has 27 heavy (non-hydrogen) atoms. The fourth-order valence-electron chi connectivity index (χ4n) is 2.90. The van der Waals surface area contributed by atoms with Gasteiger partial charge in [-0.15, -0.1) is 11.6 Å². The molecule has 1 aromatic heterocycles. The van der Waals surface area contributed by atoms with Crippen molar-refractivity contribution in [2.45, 2.75) is 11.7 Å². The van der Waals surface area contributed by atoms with Gasteiger partial charge in [0.25, 0.3) is 0 Å². The average molecular weight is 409 g/mol. The topological polar surface area (TPSA) is 72.7 Å². The molecule has 2 atom stereocenters. The molecule has 0 saturated carbocycles. The number of benzene rings is 2. The van der Waals surface area contributed by atoms with Gasteiger partial charge in [-0.2, -0.15) is 0 Å². The van der Waals surface area contributed by atoms with Gasteiger partial charge in [0.15, 0.2) is 0 Å². The van der Waals surface area contributed by atoms with E-state index < -0.39 is 11.7 Å². The van der Waals surface area contributed by atoms with Gasteiger partial charge < -0.3 is 20.0 Å². The van der Waals surface area contributed by atoms with Gasteiger partial charge in [-0.25, -0.2) is 9.97 Å². The van der Waals surface area contributed by atoms with Crippen molar-refractivity contribution in [3.8, 4) is 0 Å². The molecule has 8 heteroatoms. The van der Waals surface area contributed by atoms with Crippen LogP contribution in [-0.2, 0) is 0 Å². The molecule has 0 spiro atoms. The smallest absolute Gasteiger partial charge is 0.145 e. The van der Waals surface area contributed by atoms with Crippen molar-refractivity contribution in [1.29, 1.82) is 0 Å². The molecule has 0 aliphatic heterocycles. The van der Waals surface area contributed by atoms with Crippen molar-refractivity contribution in [1.82, 2.24) is 9.97 Å². The monoisotopic (exact) mass is 408 g/mol. The Kier molecular flexibility index (Phi) is 6.22. The Labute approximate surface area is 168 Å². The van der Waals surface area contributed by atoms with Crippen LogP contribution in [0, 0.1) is 0 Å². The highest BCUT2D eigenvalue weighted by Gasteiger charge is 2.16. The molecule has 0 radical (unpaired) electrons. The fraction of sp³-hybridized carbons (Fsp3) is 0.368. The first kappa shape index (κ1) is 19.9. The number of aliphatic hydroxyl groups excluding tert-OH is 2. The molecule has 0 saturated heterocycles. The van der Waals surface area contributed by atoms with Gasteiger partial charge in [-0.3, -0.25) is 0 Å². The summed E-state index contributed by atoms with van der Waals surface area (Å²) in [6, 6.07) is 11.6. The van der Waals surface area contributed by atoms with Gasteiger partial charge in [-0.05, 0) is 36.4 Å². The van der Waals surface area contributed by atoms with Crippen LogP contribution in [0.1, 0.15) is 0 Å². The third-order valence-corrected chi connectivity index (χ3v) is 4.76. The van der Waals surface area contributed by atoms with Crippen LogP contribution in [-0.4, -0.2) is 64.9 Å². The molecule has 0 amide bonds. The lowest BCUT2D eigenvalue weighted by molar-refractivity contribution is 0.196. The van der Waals surface area contributed by atoms with Crippen molar-refractivity contribution in [3.63, 3.8) is 0 Å². The Bertz CT molecular complexity index is 936. The summed E-state index contributed by atoms with van der Waals surface area (Å²) < 4.78 is 0. The molecule has 2 aromatic carbocycles. The van der Waals surface area contributed by atoms with Crippen LogP contribution >= 0.6 is 23.2 Å². The maximum atomic E-state index is 9.91. The van der Waals surface area contributed by atoms with Crippen LogP contribution in [0.5, 0.6) is 0 Å². The van der Waals surface area contributed by atoms with Crippen LogP contribution in [0.2, 0.25) is 0 Å². The first-order valence-electron chi connectivity index (χ1n) is 8.57. The predicted molar refractivity (Wildman–Crippen MR) is 112 cm³/mol. The van der Waals surface area contributed by atoms with Gasteiger partial charge in [0.05, 0.1) is 40.6 Å². The lowest BCUT2D eigenvalue weighted by atomic mass is 10.2. The van der Waals surface area contributed by atoms with E-state index in [4.69, 9.17) is 28.2 Å². The van der Waals surface area contributed by atoms with E-state index in [0.717, 1.165) is 33.4 Å². The number of aromatic nitrogens is 2. The van der Waals surface area contributed by atoms with Gasteiger partial charge >= 0.3 is 0 Å². The van der Waals surface area contributed by atoms with E-state index in [1.807, 2.05) is 55.4 Å². The minimum Gasteiger partial charge on any atom is -0.390 e. The molecule has 2 unspecified atom stereocenters. The third kappa shape index (κ3) is 4.71. The lowest BCUT2D eigenvalue weighted by Gasteiger charge is -2.27. The minimum absolute atomic E-state index is 0.0974. The van der Waals surface area contributed by atoms with Crippen LogP contribution in [0.3, 0.4) is 0 Å². The van der Waals surface area contributed by atoms with Crippen molar-refractivity contribution >= 4 is 56.6 Å². The molecule has 3 aromatic rings. The maximum absolute atomic E-state index is 9.91. The Balaban J connectivity index is 2.03. The summed E-state index contributed by atoms with van der Waals surface area (Å²) in [6.07, 6.45) is -0.733. The molecule has 6 nitrogen and oxygen atoms in total. The fourth-order valence-corrected chi connectivity index (χ4v) is 3.16. The highest BCUT2D eigenvalue weighted by molar-refractivity contribution is 6.19. The number of anilines is 2. The standard InChI is InChI=1S/C19H22Cl2N4O2/c1-24(2)12-3-5-15-17(7-12)23-18-8-13(4-6-16(18)22-15)25(11-19(21)27)10-14(26)9-20/h3-8,14,19,26-27H,9-11H2,1-2H3. The lowest BCUT2D eigenvalue weighted by Crippen LogP contribution is -2.37. The molecule has 2 N–H and O–H groups in total. The number of aliphatic hydroxyl groups is 2. The van der Waals surface area contributed by atoms with E-state index in [-0.39, 0.29) is 19.0 Å². The number of fused-ring (bicyclic) bond motifs is 2. The van der Waals surface area contributed by atoms with E-state index >= 15 is 0 Å². The van der Waals surface area contributed by atoms with Crippen LogP contribution in [0.15, 0.2) is 36.4 Å². The minimum atomic E-state index is -1.06. The van der Waals surface area contributed by atoms with Crippen LogP contribution in [0.4, 0.5) is 11.4 Å². The van der Waals surface area contributed by atoms with Crippen molar-refractivity contribution in [2.24, 2.45) is 0 Å². The summed E-state index contributed by atoms with van der Waals surface area (Å²) >= 11 is 11.5. The first-order chi connectivity index (χ1) is 12.9. The Morgan fingerprint density at radius 3 is 2.00 bits per heavy atom. The summed E-state index contributed by atoms with van der Waals surface area (Å²) in [5.41, 5.74) is 3.89. The Hall–Kier alpha value is -1.86. The molecule has 1 heterocycles. The zero-order chi connectivity index (χ0) is 19.6. The number of halogens is 2. The summed E-state index contributed by atoms with van der Waals surface area (Å²) in [5.74, 6) is 0.0974. The van der Waals surface area contributed by atoms with E-state index in [1.165, 1.54) is 0 Å².